The quantitative estimate of drug-likeness (QED) is 0.539. The van der Waals surface area contributed by atoms with Crippen LogP contribution in [0.1, 0.15) is 6.92 Å². The molecule has 2 amide bonds. The fourth-order valence-electron chi connectivity index (χ4n) is 1.42. The summed E-state index contributed by atoms with van der Waals surface area (Å²) in [5.41, 5.74) is 0. The Kier molecular flexibility index (Phi) is 3.70. The monoisotopic (exact) mass is 201 g/mol. The van der Waals surface area contributed by atoms with Gasteiger partial charge in [-0.15, -0.1) is 0 Å². The highest BCUT2D eigenvalue weighted by molar-refractivity contribution is 5.81. The third-order valence-corrected chi connectivity index (χ3v) is 2.11. The number of nitrogens with one attached hydrogen (secondary N) is 2. The summed E-state index contributed by atoms with van der Waals surface area (Å²) in [6.45, 7) is 3.90. The Balaban J connectivity index is 2.32. The lowest BCUT2D eigenvalue weighted by Gasteiger charge is -2.31. The van der Waals surface area contributed by atoms with Gasteiger partial charge < -0.3 is 20.6 Å². The highest BCUT2D eigenvalue weighted by Gasteiger charge is 2.20. The van der Waals surface area contributed by atoms with Crippen molar-refractivity contribution in [3.63, 3.8) is 0 Å². The molecular formula is C8H15N3O3. The van der Waals surface area contributed by atoms with Crippen molar-refractivity contribution >= 4 is 12.0 Å². The molecule has 0 aromatic rings. The van der Waals surface area contributed by atoms with E-state index in [1.807, 2.05) is 6.92 Å². The summed E-state index contributed by atoms with van der Waals surface area (Å²) in [6.07, 6.45) is -1.17. The van der Waals surface area contributed by atoms with Gasteiger partial charge in [0.05, 0.1) is 0 Å². The van der Waals surface area contributed by atoms with Gasteiger partial charge in [-0.25, -0.2) is 4.79 Å². The fourth-order valence-corrected chi connectivity index (χ4v) is 1.42. The zero-order valence-corrected chi connectivity index (χ0v) is 8.12. The van der Waals surface area contributed by atoms with Crippen molar-refractivity contribution in [1.29, 1.82) is 0 Å². The standard InChI is InChI=1S/C8H15N3O3/c1-6-5-11(3-2-9-6)7(12)4-10-8(13)14/h6,9-10H,2-5H2,1H3,(H,13,14)/t6-/m0/s1. The number of amides is 2. The van der Waals surface area contributed by atoms with Gasteiger partial charge in [-0.3, -0.25) is 4.79 Å². The van der Waals surface area contributed by atoms with Crippen molar-refractivity contribution in [2.75, 3.05) is 26.2 Å². The molecule has 1 saturated heterocycles. The number of carboxylic acid groups (broad SMARTS) is 1. The molecule has 0 bridgehead atoms. The maximum atomic E-state index is 11.4. The Hall–Kier alpha value is -1.30. The molecule has 3 N–H and O–H groups in total. The van der Waals surface area contributed by atoms with Gasteiger partial charge in [-0.1, -0.05) is 0 Å². The molecule has 1 aliphatic rings. The average Bonchev–Trinajstić information content (AvgIpc) is 2.14. The largest absolute Gasteiger partial charge is 0.465 e. The first kappa shape index (κ1) is 10.8. The Morgan fingerprint density at radius 2 is 2.36 bits per heavy atom. The van der Waals surface area contributed by atoms with Gasteiger partial charge in [-0.05, 0) is 6.92 Å². The van der Waals surface area contributed by atoms with Crippen molar-refractivity contribution in [2.24, 2.45) is 0 Å². The lowest BCUT2D eigenvalue weighted by Crippen LogP contribution is -2.53. The van der Waals surface area contributed by atoms with Crippen LogP contribution in [-0.2, 0) is 4.79 Å². The molecule has 6 nitrogen and oxygen atoms in total. The number of hydrogen-bond acceptors (Lipinski definition) is 3. The van der Waals surface area contributed by atoms with Crippen LogP contribution in [0.3, 0.4) is 0 Å². The summed E-state index contributed by atoms with van der Waals surface area (Å²) in [7, 11) is 0. The van der Waals surface area contributed by atoms with E-state index in [1.54, 1.807) is 4.90 Å². The molecule has 0 radical (unpaired) electrons. The van der Waals surface area contributed by atoms with E-state index in [1.165, 1.54) is 0 Å². The fraction of sp³-hybridized carbons (Fsp3) is 0.750. The van der Waals surface area contributed by atoms with Gasteiger partial charge in [-0.2, -0.15) is 0 Å². The van der Waals surface area contributed by atoms with Crippen molar-refractivity contribution in [2.45, 2.75) is 13.0 Å². The Morgan fingerprint density at radius 3 is 2.93 bits per heavy atom. The van der Waals surface area contributed by atoms with Gasteiger partial charge in [0.15, 0.2) is 0 Å². The summed E-state index contributed by atoms with van der Waals surface area (Å²) < 4.78 is 0. The zero-order chi connectivity index (χ0) is 10.6. The summed E-state index contributed by atoms with van der Waals surface area (Å²) in [5, 5.41) is 13.6. The highest BCUT2D eigenvalue weighted by Crippen LogP contribution is 1.98. The number of hydrogen-bond donors (Lipinski definition) is 3. The molecule has 0 aromatic heterocycles. The molecule has 1 fully saturated rings. The van der Waals surface area contributed by atoms with Crippen LogP contribution in [-0.4, -0.2) is 54.2 Å². The van der Waals surface area contributed by atoms with Crippen molar-refractivity contribution in [1.82, 2.24) is 15.5 Å². The molecule has 6 heteroatoms. The van der Waals surface area contributed by atoms with Gasteiger partial charge in [0.1, 0.15) is 6.54 Å². The summed E-state index contributed by atoms with van der Waals surface area (Å²) in [4.78, 5) is 23.2. The predicted molar refractivity (Wildman–Crippen MR) is 50.1 cm³/mol. The first-order valence-corrected chi connectivity index (χ1v) is 4.57. The minimum Gasteiger partial charge on any atom is -0.465 e. The molecule has 1 atom stereocenters. The maximum absolute atomic E-state index is 11.4. The second kappa shape index (κ2) is 4.80. The lowest BCUT2D eigenvalue weighted by atomic mass is 10.2. The third-order valence-electron chi connectivity index (χ3n) is 2.11. The normalized spacial score (nSPS) is 21.8. The van der Waals surface area contributed by atoms with E-state index in [0.717, 1.165) is 6.54 Å². The molecule has 1 heterocycles. The first-order chi connectivity index (χ1) is 6.59. The average molecular weight is 201 g/mol. The van der Waals surface area contributed by atoms with Crippen LogP contribution in [0.25, 0.3) is 0 Å². The van der Waals surface area contributed by atoms with Crippen LogP contribution in [0.5, 0.6) is 0 Å². The molecule has 14 heavy (non-hydrogen) atoms. The van der Waals surface area contributed by atoms with Gasteiger partial charge in [0.2, 0.25) is 5.91 Å². The Labute approximate surface area is 82.3 Å². The molecule has 80 valence electrons. The van der Waals surface area contributed by atoms with Crippen LogP contribution in [0.2, 0.25) is 0 Å². The van der Waals surface area contributed by atoms with Crippen LogP contribution in [0, 0.1) is 0 Å². The Morgan fingerprint density at radius 1 is 1.64 bits per heavy atom. The number of nitrogens with zero attached hydrogens (tertiary/aromatic N) is 1. The van der Waals surface area contributed by atoms with Crippen molar-refractivity contribution in [3.8, 4) is 0 Å². The number of carbonyl (C=O) groups is 2. The van der Waals surface area contributed by atoms with Crippen LogP contribution in [0.15, 0.2) is 0 Å². The van der Waals surface area contributed by atoms with E-state index < -0.39 is 6.09 Å². The van der Waals surface area contributed by atoms with E-state index in [2.05, 4.69) is 10.6 Å². The van der Waals surface area contributed by atoms with E-state index in [-0.39, 0.29) is 18.5 Å². The highest BCUT2D eigenvalue weighted by atomic mass is 16.4. The topological polar surface area (TPSA) is 81.7 Å². The molecule has 0 saturated carbocycles. The van der Waals surface area contributed by atoms with Crippen molar-refractivity contribution in [3.05, 3.63) is 0 Å². The van der Waals surface area contributed by atoms with Gasteiger partial charge >= 0.3 is 6.09 Å². The van der Waals surface area contributed by atoms with E-state index in [4.69, 9.17) is 5.11 Å². The second-order valence-electron chi connectivity index (χ2n) is 3.35. The van der Waals surface area contributed by atoms with Crippen molar-refractivity contribution < 1.29 is 14.7 Å². The molecule has 0 spiro atoms. The molecular weight excluding hydrogens is 186 g/mol. The predicted octanol–water partition coefficient (Wildman–Crippen LogP) is -0.926. The van der Waals surface area contributed by atoms with Gasteiger partial charge in [0, 0.05) is 25.7 Å². The number of carbonyl (C=O) groups excluding carboxylic acids is 1. The summed E-state index contributed by atoms with van der Waals surface area (Å²) >= 11 is 0. The van der Waals surface area contributed by atoms with E-state index in [9.17, 15) is 9.59 Å². The SMILES string of the molecule is C[C@H]1CN(C(=O)CNC(=O)O)CCN1. The maximum Gasteiger partial charge on any atom is 0.405 e. The third kappa shape index (κ3) is 3.21. The van der Waals surface area contributed by atoms with Crippen LogP contribution >= 0.6 is 0 Å². The Bertz CT molecular complexity index is 232. The number of piperazine rings is 1. The minimum absolute atomic E-state index is 0.137. The minimum atomic E-state index is -1.17. The summed E-state index contributed by atoms with van der Waals surface area (Å²) in [6, 6.07) is 0.275. The molecule has 0 unspecified atom stereocenters. The van der Waals surface area contributed by atoms with E-state index in [0.29, 0.717) is 13.1 Å². The van der Waals surface area contributed by atoms with Gasteiger partial charge in [0.25, 0.3) is 0 Å². The molecule has 1 rings (SSSR count). The number of rotatable bonds is 2. The molecule has 1 aliphatic heterocycles. The summed E-state index contributed by atoms with van der Waals surface area (Å²) in [5.74, 6) is -0.166. The molecule has 0 aromatic carbocycles. The van der Waals surface area contributed by atoms with E-state index >= 15 is 0 Å². The second-order valence-corrected chi connectivity index (χ2v) is 3.35. The first-order valence-electron chi connectivity index (χ1n) is 4.57. The smallest absolute Gasteiger partial charge is 0.405 e. The lowest BCUT2D eigenvalue weighted by molar-refractivity contribution is -0.131. The van der Waals surface area contributed by atoms with Crippen LogP contribution < -0.4 is 10.6 Å². The van der Waals surface area contributed by atoms with Crippen LogP contribution in [0.4, 0.5) is 4.79 Å². The molecule has 0 aliphatic carbocycles. The zero-order valence-electron chi connectivity index (χ0n) is 8.12.